The third-order valence-electron chi connectivity index (χ3n) is 5.11. The Labute approximate surface area is 185 Å². The molecule has 168 valence electrons. The number of para-hydroxylation sites is 1. The van der Waals surface area contributed by atoms with Gasteiger partial charge in [-0.1, -0.05) is 18.2 Å². The summed E-state index contributed by atoms with van der Waals surface area (Å²) in [4.78, 5) is 12.0. The predicted octanol–water partition coefficient (Wildman–Crippen LogP) is 2.00. The Balaban J connectivity index is 1.40. The smallest absolute Gasteiger partial charge is 0.251 e. The second-order valence-corrected chi connectivity index (χ2v) is 9.16. The fourth-order valence-electron chi connectivity index (χ4n) is 3.39. The molecule has 4 rings (SSSR count). The summed E-state index contributed by atoms with van der Waals surface area (Å²) in [6.07, 6.45) is 2.33. The molecule has 1 saturated heterocycles. The molecule has 1 aliphatic heterocycles. The first kappa shape index (κ1) is 22.1. The maximum Gasteiger partial charge on any atom is 0.251 e. The lowest BCUT2D eigenvalue weighted by Gasteiger charge is -2.26. The monoisotopic (exact) mass is 458 g/mol. The van der Waals surface area contributed by atoms with Crippen LogP contribution in [0.25, 0.3) is 5.69 Å². The zero-order valence-corrected chi connectivity index (χ0v) is 18.1. The van der Waals surface area contributed by atoms with E-state index in [4.69, 9.17) is 4.74 Å². The fraction of sp³-hybridized carbons (Fsp3) is 0.273. The lowest BCUT2D eigenvalue weighted by Crippen LogP contribution is -2.41. The van der Waals surface area contributed by atoms with Crippen molar-refractivity contribution in [1.82, 2.24) is 19.4 Å². The third kappa shape index (κ3) is 4.87. The largest absolute Gasteiger partial charge is 0.379 e. The minimum atomic E-state index is -4.05. The predicted molar refractivity (Wildman–Crippen MR) is 116 cm³/mol. The van der Waals surface area contributed by atoms with Gasteiger partial charge in [0.1, 0.15) is 10.7 Å². The normalized spacial score (nSPS) is 14.9. The first-order chi connectivity index (χ1) is 15.4. The number of aromatic nitrogens is 2. The van der Waals surface area contributed by atoms with Crippen molar-refractivity contribution in [2.45, 2.75) is 11.3 Å². The highest BCUT2D eigenvalue weighted by Crippen LogP contribution is 2.22. The molecule has 1 aromatic heterocycles. The van der Waals surface area contributed by atoms with Gasteiger partial charge in [0.25, 0.3) is 5.91 Å². The van der Waals surface area contributed by atoms with Gasteiger partial charge in [-0.3, -0.25) is 4.79 Å². The Morgan fingerprint density at radius 2 is 1.84 bits per heavy atom. The molecule has 0 saturated carbocycles. The van der Waals surface area contributed by atoms with Crippen molar-refractivity contribution in [1.29, 1.82) is 0 Å². The van der Waals surface area contributed by atoms with Gasteiger partial charge in [0, 0.05) is 37.8 Å². The van der Waals surface area contributed by atoms with Crippen LogP contribution in [0.4, 0.5) is 4.39 Å². The molecule has 1 amide bonds. The van der Waals surface area contributed by atoms with Gasteiger partial charge in [-0.15, -0.1) is 0 Å². The molecule has 10 heteroatoms. The number of nitrogens with zero attached hydrogens (tertiary/aromatic N) is 3. The van der Waals surface area contributed by atoms with E-state index < -0.39 is 26.6 Å². The van der Waals surface area contributed by atoms with Gasteiger partial charge < -0.3 is 10.1 Å². The van der Waals surface area contributed by atoms with Crippen molar-refractivity contribution in [2.24, 2.45) is 0 Å². The Bertz CT molecular complexity index is 1190. The summed E-state index contributed by atoms with van der Waals surface area (Å²) >= 11 is 0. The number of sulfonamides is 1. The van der Waals surface area contributed by atoms with E-state index in [1.807, 2.05) is 42.6 Å². The lowest BCUT2D eigenvalue weighted by atomic mass is 10.2. The van der Waals surface area contributed by atoms with Crippen molar-refractivity contribution in [2.75, 3.05) is 32.8 Å². The van der Waals surface area contributed by atoms with Crippen LogP contribution in [0.2, 0.25) is 0 Å². The highest BCUT2D eigenvalue weighted by Gasteiger charge is 2.29. The van der Waals surface area contributed by atoms with Crippen molar-refractivity contribution in [3.8, 4) is 5.69 Å². The molecule has 2 heterocycles. The molecule has 0 atom stereocenters. The van der Waals surface area contributed by atoms with E-state index in [9.17, 15) is 17.6 Å². The molecular formula is C22H23FN4O4S. The second kappa shape index (κ2) is 9.60. The number of carbonyl (C=O) groups is 1. The van der Waals surface area contributed by atoms with Crippen LogP contribution in [0, 0.1) is 5.82 Å². The number of amides is 1. The van der Waals surface area contributed by atoms with Crippen molar-refractivity contribution >= 4 is 15.9 Å². The van der Waals surface area contributed by atoms with Crippen molar-refractivity contribution in [3.05, 3.63) is 77.9 Å². The van der Waals surface area contributed by atoms with Gasteiger partial charge in [-0.2, -0.15) is 9.40 Å². The summed E-state index contributed by atoms with van der Waals surface area (Å²) in [7, 11) is -4.05. The molecule has 0 unspecified atom stereocenters. The number of halogens is 1. The van der Waals surface area contributed by atoms with Gasteiger partial charge in [0.05, 0.1) is 24.6 Å². The van der Waals surface area contributed by atoms with Crippen LogP contribution in [0.3, 0.4) is 0 Å². The quantitative estimate of drug-likeness (QED) is 0.585. The van der Waals surface area contributed by atoms with E-state index in [1.165, 1.54) is 10.4 Å². The van der Waals surface area contributed by atoms with Gasteiger partial charge >= 0.3 is 0 Å². The standard InChI is InChI=1S/C22H23FN4O4S/c23-20-7-6-17(16-21(20)32(29,30)26-12-14-31-15-13-26)22(28)24-10-8-18-9-11-27(25-18)19-4-2-1-3-5-19/h1-7,9,11,16H,8,10,12-15H2,(H,24,28). The summed E-state index contributed by atoms with van der Waals surface area (Å²) in [5.41, 5.74) is 1.81. The molecule has 0 aliphatic carbocycles. The van der Waals surface area contributed by atoms with E-state index >= 15 is 0 Å². The number of benzene rings is 2. The first-order valence-electron chi connectivity index (χ1n) is 10.2. The number of hydrogen-bond acceptors (Lipinski definition) is 5. The highest BCUT2D eigenvalue weighted by molar-refractivity contribution is 7.89. The number of ether oxygens (including phenoxy) is 1. The molecule has 0 radical (unpaired) electrons. The molecule has 2 aromatic carbocycles. The van der Waals surface area contributed by atoms with Crippen LogP contribution in [-0.2, 0) is 21.2 Å². The average Bonchev–Trinajstić information content (AvgIpc) is 3.29. The zero-order chi connectivity index (χ0) is 22.6. The summed E-state index contributed by atoms with van der Waals surface area (Å²) in [5.74, 6) is -1.37. The SMILES string of the molecule is O=C(NCCc1ccn(-c2ccccc2)n1)c1ccc(F)c(S(=O)(=O)N2CCOCC2)c1. The van der Waals surface area contributed by atoms with Crippen LogP contribution < -0.4 is 5.32 Å². The molecule has 1 N–H and O–H groups in total. The molecule has 32 heavy (non-hydrogen) atoms. The summed E-state index contributed by atoms with van der Waals surface area (Å²) in [6, 6.07) is 14.9. The molecule has 0 spiro atoms. The summed E-state index contributed by atoms with van der Waals surface area (Å²) in [5, 5.41) is 7.22. The van der Waals surface area contributed by atoms with Crippen LogP contribution in [0.1, 0.15) is 16.1 Å². The third-order valence-corrected chi connectivity index (χ3v) is 7.03. The minimum absolute atomic E-state index is 0.0769. The Morgan fingerprint density at radius 3 is 2.59 bits per heavy atom. The second-order valence-electron chi connectivity index (χ2n) is 7.25. The number of hydrogen-bond donors (Lipinski definition) is 1. The molecular weight excluding hydrogens is 435 g/mol. The Hall–Kier alpha value is -3.08. The van der Waals surface area contributed by atoms with Crippen LogP contribution >= 0.6 is 0 Å². The van der Waals surface area contributed by atoms with Crippen molar-refractivity contribution in [3.63, 3.8) is 0 Å². The van der Waals surface area contributed by atoms with E-state index in [0.29, 0.717) is 13.0 Å². The molecule has 1 fully saturated rings. The number of nitrogens with one attached hydrogen (secondary N) is 1. The highest BCUT2D eigenvalue weighted by atomic mass is 32.2. The fourth-order valence-corrected chi connectivity index (χ4v) is 4.89. The molecule has 0 bridgehead atoms. The maximum absolute atomic E-state index is 14.3. The maximum atomic E-state index is 14.3. The van der Waals surface area contributed by atoms with Crippen molar-refractivity contribution < 1.29 is 22.3 Å². The number of carbonyl (C=O) groups excluding carboxylic acids is 1. The minimum Gasteiger partial charge on any atom is -0.379 e. The first-order valence-corrected chi connectivity index (χ1v) is 11.6. The van der Waals surface area contributed by atoms with E-state index in [1.54, 1.807) is 4.68 Å². The van der Waals surface area contributed by atoms with Gasteiger partial charge in [0.15, 0.2) is 0 Å². The Kier molecular flexibility index (Phi) is 6.63. The van der Waals surface area contributed by atoms with Crippen LogP contribution in [-0.4, -0.2) is 61.3 Å². The average molecular weight is 459 g/mol. The summed E-state index contributed by atoms with van der Waals surface area (Å²) < 4.78 is 48.0. The van der Waals surface area contributed by atoms with Gasteiger partial charge in [-0.05, 0) is 36.4 Å². The van der Waals surface area contributed by atoms with Gasteiger partial charge in [0.2, 0.25) is 10.0 Å². The van der Waals surface area contributed by atoms with Crippen LogP contribution in [0.15, 0.2) is 65.7 Å². The number of rotatable bonds is 7. The van der Waals surface area contributed by atoms with E-state index in [0.717, 1.165) is 23.5 Å². The lowest BCUT2D eigenvalue weighted by molar-refractivity contribution is 0.0729. The topological polar surface area (TPSA) is 93.5 Å². The molecule has 1 aliphatic rings. The van der Waals surface area contributed by atoms with E-state index in [-0.39, 0.29) is 31.9 Å². The molecule has 3 aromatic rings. The summed E-state index contributed by atoms with van der Waals surface area (Å²) in [6.45, 7) is 1.09. The van der Waals surface area contributed by atoms with Gasteiger partial charge in [-0.25, -0.2) is 17.5 Å². The van der Waals surface area contributed by atoms with Crippen LogP contribution in [0.5, 0.6) is 0 Å². The number of morpholine rings is 1. The van der Waals surface area contributed by atoms with E-state index in [2.05, 4.69) is 10.4 Å². The zero-order valence-electron chi connectivity index (χ0n) is 17.3. The Morgan fingerprint density at radius 1 is 1.09 bits per heavy atom. The molecule has 8 nitrogen and oxygen atoms in total.